The van der Waals surface area contributed by atoms with Gasteiger partial charge in [-0.3, -0.25) is 9.59 Å². The molecule has 3 heterocycles. The fourth-order valence-corrected chi connectivity index (χ4v) is 5.84. The first-order chi connectivity index (χ1) is 17.0. The van der Waals surface area contributed by atoms with E-state index >= 15 is 0 Å². The minimum atomic E-state index is -0.227. The zero-order valence-corrected chi connectivity index (χ0v) is 20.3. The van der Waals surface area contributed by atoms with Crippen LogP contribution in [0.2, 0.25) is 0 Å². The summed E-state index contributed by atoms with van der Waals surface area (Å²) in [7, 11) is 1.60. The summed E-state index contributed by atoms with van der Waals surface area (Å²) in [5.74, 6) is 0.879. The number of anilines is 1. The molecular formula is C27H34N4O4. The van der Waals surface area contributed by atoms with Crippen molar-refractivity contribution in [3.63, 3.8) is 0 Å². The maximum absolute atomic E-state index is 13.2. The smallest absolute Gasteiger partial charge is 0.317 e. The van der Waals surface area contributed by atoms with E-state index in [1.54, 1.807) is 17.7 Å². The molecule has 35 heavy (non-hydrogen) atoms. The first-order valence-corrected chi connectivity index (χ1v) is 12.7. The van der Waals surface area contributed by atoms with Gasteiger partial charge in [-0.05, 0) is 55.0 Å². The van der Waals surface area contributed by atoms with Gasteiger partial charge < -0.3 is 24.8 Å². The average Bonchev–Trinajstić information content (AvgIpc) is 2.87. The number of rotatable bonds is 5. The highest BCUT2D eigenvalue weighted by molar-refractivity contribution is 5.92. The van der Waals surface area contributed by atoms with Crippen molar-refractivity contribution < 1.29 is 14.3 Å². The van der Waals surface area contributed by atoms with Crippen molar-refractivity contribution in [1.82, 2.24) is 14.8 Å². The van der Waals surface area contributed by atoms with E-state index in [0.29, 0.717) is 25.3 Å². The number of aromatic nitrogens is 1. The lowest BCUT2D eigenvalue weighted by Gasteiger charge is -2.43. The van der Waals surface area contributed by atoms with Gasteiger partial charge in [-0.25, -0.2) is 4.79 Å². The Balaban J connectivity index is 1.25. The van der Waals surface area contributed by atoms with Gasteiger partial charge in [-0.2, -0.15) is 0 Å². The van der Waals surface area contributed by atoms with E-state index in [-0.39, 0.29) is 41.8 Å². The first-order valence-electron chi connectivity index (χ1n) is 12.7. The molecule has 5 rings (SSSR count). The number of ether oxygens (including phenoxy) is 1. The highest BCUT2D eigenvalue weighted by Gasteiger charge is 2.37. The van der Waals surface area contributed by atoms with Crippen molar-refractivity contribution in [2.75, 3.05) is 25.5 Å². The lowest BCUT2D eigenvalue weighted by atomic mass is 9.83. The van der Waals surface area contributed by atoms with E-state index in [4.69, 9.17) is 4.74 Å². The molecule has 2 bridgehead atoms. The summed E-state index contributed by atoms with van der Waals surface area (Å²) >= 11 is 0. The monoisotopic (exact) mass is 478 g/mol. The molecule has 186 valence electrons. The molecule has 8 heteroatoms. The first kappa shape index (κ1) is 23.5. The van der Waals surface area contributed by atoms with Crippen molar-refractivity contribution in [3.05, 3.63) is 58.0 Å². The van der Waals surface area contributed by atoms with Crippen molar-refractivity contribution in [1.29, 1.82) is 0 Å². The summed E-state index contributed by atoms with van der Waals surface area (Å²) in [4.78, 5) is 40.7. The van der Waals surface area contributed by atoms with E-state index in [9.17, 15) is 14.4 Å². The van der Waals surface area contributed by atoms with Gasteiger partial charge >= 0.3 is 6.03 Å². The Hall–Kier alpha value is -3.29. The number of fused-ring (bicyclic) bond motifs is 4. The number of carbonyl (C=O) groups excluding carboxylic acids is 2. The Morgan fingerprint density at radius 3 is 2.51 bits per heavy atom. The maximum atomic E-state index is 13.2. The standard InChI is InChI=1S/C27H34N4O4/c1-35-22-9-7-18(8-10-22)14-25(32)29-23-11-12-24-20-13-19(16-31(24)26(23)33)15-30(17-20)27(34)28-21-5-3-2-4-6-21/h7-12,19-21H,2-6,13-17H2,1H3,(H,28,34)(H,29,32)/t19-,20-/m1/s1. The molecule has 0 spiro atoms. The fraction of sp³-hybridized carbons (Fsp3) is 0.519. The Kier molecular flexibility index (Phi) is 6.79. The molecule has 1 saturated heterocycles. The zero-order valence-electron chi connectivity index (χ0n) is 20.3. The van der Waals surface area contributed by atoms with Crippen LogP contribution in [-0.4, -0.2) is 47.6 Å². The molecule has 1 aromatic heterocycles. The van der Waals surface area contributed by atoms with Crippen molar-refractivity contribution >= 4 is 17.6 Å². The summed E-state index contributed by atoms with van der Waals surface area (Å²) in [6.45, 7) is 1.85. The van der Waals surface area contributed by atoms with E-state index in [2.05, 4.69) is 10.6 Å². The molecule has 2 N–H and O–H groups in total. The van der Waals surface area contributed by atoms with Crippen LogP contribution >= 0.6 is 0 Å². The Bertz CT molecular complexity index is 1140. The number of carbonyl (C=O) groups is 2. The van der Waals surface area contributed by atoms with Crippen LogP contribution in [-0.2, 0) is 17.8 Å². The van der Waals surface area contributed by atoms with Gasteiger partial charge in [0.25, 0.3) is 5.56 Å². The highest BCUT2D eigenvalue weighted by atomic mass is 16.5. The molecule has 0 radical (unpaired) electrons. The number of hydrogen-bond donors (Lipinski definition) is 2. The molecule has 8 nitrogen and oxygen atoms in total. The zero-order chi connectivity index (χ0) is 24.4. The number of nitrogens with one attached hydrogen (secondary N) is 2. The van der Waals surface area contributed by atoms with Gasteiger partial charge in [-0.1, -0.05) is 31.4 Å². The summed E-state index contributed by atoms with van der Waals surface area (Å²) in [5, 5.41) is 6.03. The molecule has 2 aromatic rings. The summed E-state index contributed by atoms with van der Waals surface area (Å²) in [5.41, 5.74) is 1.94. The van der Waals surface area contributed by atoms with E-state index in [1.165, 1.54) is 19.3 Å². The Morgan fingerprint density at radius 2 is 1.77 bits per heavy atom. The van der Waals surface area contributed by atoms with Gasteiger partial charge in [0.15, 0.2) is 0 Å². The van der Waals surface area contributed by atoms with Crippen LogP contribution in [0.4, 0.5) is 10.5 Å². The highest BCUT2D eigenvalue weighted by Crippen LogP contribution is 2.35. The normalized spacial score (nSPS) is 21.7. The van der Waals surface area contributed by atoms with Gasteiger partial charge in [0.05, 0.1) is 13.5 Å². The lowest BCUT2D eigenvalue weighted by molar-refractivity contribution is -0.115. The topological polar surface area (TPSA) is 92.7 Å². The van der Waals surface area contributed by atoms with Crippen LogP contribution in [0.5, 0.6) is 5.75 Å². The quantitative estimate of drug-likeness (QED) is 0.688. The van der Waals surface area contributed by atoms with Crippen LogP contribution in [0.25, 0.3) is 0 Å². The van der Waals surface area contributed by atoms with E-state index in [0.717, 1.165) is 36.3 Å². The number of urea groups is 1. The predicted octanol–water partition coefficient (Wildman–Crippen LogP) is 3.50. The summed E-state index contributed by atoms with van der Waals surface area (Å²) in [6.07, 6.45) is 6.93. The van der Waals surface area contributed by atoms with Gasteiger partial charge in [0.2, 0.25) is 5.91 Å². The number of piperidine rings is 1. The number of likely N-dealkylation sites (tertiary alicyclic amines) is 1. The van der Waals surface area contributed by atoms with E-state index < -0.39 is 0 Å². The third kappa shape index (κ3) is 5.21. The number of methoxy groups -OCH3 is 1. The maximum Gasteiger partial charge on any atom is 0.317 e. The molecule has 1 saturated carbocycles. The van der Waals surface area contributed by atoms with Crippen molar-refractivity contribution in [2.45, 2.75) is 63.5 Å². The molecule has 1 aliphatic carbocycles. The molecular weight excluding hydrogens is 444 g/mol. The van der Waals surface area contributed by atoms with Crippen molar-refractivity contribution in [3.8, 4) is 5.75 Å². The average molecular weight is 479 g/mol. The second-order valence-corrected chi connectivity index (χ2v) is 10.1. The van der Waals surface area contributed by atoms with Crippen LogP contribution in [0.3, 0.4) is 0 Å². The van der Waals surface area contributed by atoms with Crippen LogP contribution in [0.15, 0.2) is 41.2 Å². The number of nitrogens with zero attached hydrogens (tertiary/aromatic N) is 2. The van der Waals surface area contributed by atoms with Crippen LogP contribution in [0, 0.1) is 5.92 Å². The molecule has 0 unspecified atom stereocenters. The molecule has 1 aromatic carbocycles. The summed E-state index contributed by atoms with van der Waals surface area (Å²) in [6, 6.07) is 11.3. The summed E-state index contributed by atoms with van der Waals surface area (Å²) < 4.78 is 6.96. The third-order valence-electron chi connectivity index (χ3n) is 7.62. The second-order valence-electron chi connectivity index (χ2n) is 10.1. The van der Waals surface area contributed by atoms with E-state index in [1.807, 2.05) is 35.2 Å². The molecule has 3 aliphatic rings. The minimum absolute atomic E-state index is 0.0322. The van der Waals surface area contributed by atoms with Gasteiger partial charge in [-0.15, -0.1) is 0 Å². The lowest BCUT2D eigenvalue weighted by Crippen LogP contribution is -2.53. The van der Waals surface area contributed by atoms with Gasteiger partial charge in [0.1, 0.15) is 11.4 Å². The molecule has 2 atom stereocenters. The fourth-order valence-electron chi connectivity index (χ4n) is 5.84. The number of amides is 3. The Morgan fingerprint density at radius 1 is 1.00 bits per heavy atom. The predicted molar refractivity (Wildman–Crippen MR) is 134 cm³/mol. The number of pyridine rings is 1. The van der Waals surface area contributed by atoms with Crippen molar-refractivity contribution in [2.24, 2.45) is 5.92 Å². The molecule has 2 aliphatic heterocycles. The van der Waals surface area contributed by atoms with Gasteiger partial charge in [0, 0.05) is 37.3 Å². The minimum Gasteiger partial charge on any atom is -0.497 e. The largest absolute Gasteiger partial charge is 0.497 e. The third-order valence-corrected chi connectivity index (χ3v) is 7.62. The molecule has 2 fully saturated rings. The number of benzene rings is 1. The second kappa shape index (κ2) is 10.1. The Labute approximate surface area is 205 Å². The van der Waals surface area contributed by atoms with Crippen LogP contribution in [0.1, 0.15) is 55.7 Å². The SMILES string of the molecule is COc1ccc(CC(=O)Nc2ccc3n(c2=O)C[C@@H]2C[C@@H]3CN(C(=O)NC3CCCCC3)C2)cc1. The molecule has 3 amide bonds. The van der Waals surface area contributed by atoms with Crippen LogP contribution < -0.4 is 20.9 Å². The number of hydrogen-bond acceptors (Lipinski definition) is 4.